The Hall–Kier alpha value is -6.44. The van der Waals surface area contributed by atoms with Gasteiger partial charge in [0.2, 0.25) is 0 Å². The van der Waals surface area contributed by atoms with E-state index in [0.717, 1.165) is 24.2 Å². The Morgan fingerprint density at radius 2 is 0.815 bits per heavy atom. The second-order valence-electron chi connectivity index (χ2n) is 15.1. The van der Waals surface area contributed by atoms with E-state index in [1.54, 1.807) is 0 Å². The second-order valence-corrected chi connectivity index (χ2v) is 15.1. The molecule has 54 heavy (non-hydrogen) atoms. The summed E-state index contributed by atoms with van der Waals surface area (Å²) >= 11 is 0. The molecule has 0 saturated heterocycles. The Morgan fingerprint density at radius 3 is 1.31 bits per heavy atom. The minimum absolute atomic E-state index is 0.433. The quantitative estimate of drug-likeness (QED) is 0.161. The van der Waals surface area contributed by atoms with Crippen molar-refractivity contribution in [2.75, 3.05) is 4.90 Å². The summed E-state index contributed by atoms with van der Waals surface area (Å²) in [7, 11) is 0. The fourth-order valence-electron chi connectivity index (χ4n) is 9.43. The molecule has 0 heterocycles. The van der Waals surface area contributed by atoms with Gasteiger partial charge < -0.3 is 4.90 Å². The standard InChI is InChI=1S/C53H39N/c1-3-10-36(11-4-1)38-24-30-46(31-25-38)54(47-32-26-39(27-33-47)37-12-5-2-6-13-37)51-17-9-16-50-52(51)48-14-7-8-15-49(48)53(50,44-28-22-40-18-20-42(40)34-44)45-29-23-41-19-21-43(41)35-45/h1-17,22-35H,18-21H2. The number of hydrogen-bond acceptors (Lipinski definition) is 1. The Bertz CT molecular complexity index is 2550. The topological polar surface area (TPSA) is 3.24 Å². The summed E-state index contributed by atoms with van der Waals surface area (Å²) in [5, 5.41) is 0. The maximum absolute atomic E-state index is 2.53. The highest BCUT2D eigenvalue weighted by atomic mass is 15.1. The van der Waals surface area contributed by atoms with Crippen LogP contribution in [0.5, 0.6) is 0 Å². The van der Waals surface area contributed by atoms with Crippen LogP contribution < -0.4 is 4.90 Å². The fourth-order valence-corrected chi connectivity index (χ4v) is 9.43. The maximum atomic E-state index is 2.53. The average Bonchev–Trinajstić information content (AvgIpc) is 3.52. The van der Waals surface area contributed by atoms with Gasteiger partial charge in [-0.2, -0.15) is 0 Å². The molecule has 0 fully saturated rings. The van der Waals surface area contributed by atoms with E-state index in [1.165, 1.54) is 96.4 Å². The van der Waals surface area contributed by atoms with Crippen LogP contribution in [-0.2, 0) is 31.1 Å². The van der Waals surface area contributed by atoms with Crippen LogP contribution in [0.2, 0.25) is 0 Å². The first-order valence-electron chi connectivity index (χ1n) is 19.3. The van der Waals surface area contributed by atoms with Crippen LogP contribution in [0.3, 0.4) is 0 Å². The minimum atomic E-state index is -0.433. The number of fused-ring (bicyclic) bond motifs is 5. The highest BCUT2D eigenvalue weighted by Crippen LogP contribution is 2.60. The Morgan fingerprint density at radius 1 is 0.352 bits per heavy atom. The normalized spacial score (nSPS) is 14.1. The third kappa shape index (κ3) is 4.71. The molecular formula is C53H39N. The van der Waals surface area contributed by atoms with E-state index >= 15 is 0 Å². The van der Waals surface area contributed by atoms with Crippen LogP contribution in [0.1, 0.15) is 44.5 Å². The molecule has 0 N–H and O–H groups in total. The molecule has 0 aliphatic heterocycles. The van der Waals surface area contributed by atoms with Gasteiger partial charge in [0.05, 0.1) is 11.1 Å². The number of benzene rings is 8. The molecule has 1 heteroatoms. The molecule has 0 spiro atoms. The van der Waals surface area contributed by atoms with E-state index in [2.05, 4.69) is 193 Å². The van der Waals surface area contributed by atoms with Gasteiger partial charge in [-0.25, -0.2) is 0 Å². The second kappa shape index (κ2) is 12.3. The van der Waals surface area contributed by atoms with Gasteiger partial charge in [0.25, 0.3) is 0 Å². The van der Waals surface area contributed by atoms with Gasteiger partial charge in [-0.15, -0.1) is 0 Å². The van der Waals surface area contributed by atoms with Gasteiger partial charge >= 0.3 is 0 Å². The number of aryl methyl sites for hydroxylation is 4. The maximum Gasteiger partial charge on any atom is 0.0714 e. The summed E-state index contributed by atoms with van der Waals surface area (Å²) in [5.74, 6) is 0. The highest BCUT2D eigenvalue weighted by Gasteiger charge is 2.48. The fraction of sp³-hybridized carbons (Fsp3) is 0.0943. The van der Waals surface area contributed by atoms with Crippen molar-refractivity contribution in [3.63, 3.8) is 0 Å². The van der Waals surface area contributed by atoms with Crippen LogP contribution in [0.15, 0.2) is 188 Å². The van der Waals surface area contributed by atoms with Gasteiger partial charge in [0.1, 0.15) is 0 Å². The molecular weight excluding hydrogens is 651 g/mol. The average molecular weight is 690 g/mol. The predicted molar refractivity (Wildman–Crippen MR) is 224 cm³/mol. The molecule has 0 unspecified atom stereocenters. The largest absolute Gasteiger partial charge is 0.310 e. The first-order chi connectivity index (χ1) is 26.8. The van der Waals surface area contributed by atoms with Crippen molar-refractivity contribution >= 4 is 17.1 Å². The molecule has 0 amide bonds. The molecule has 8 aromatic carbocycles. The number of rotatable bonds is 7. The number of anilines is 3. The summed E-state index contributed by atoms with van der Waals surface area (Å²) in [5.41, 5.74) is 21.9. The van der Waals surface area contributed by atoms with Gasteiger partial charge in [-0.05, 0) is 128 Å². The Kier molecular flexibility index (Phi) is 7.10. The van der Waals surface area contributed by atoms with Crippen LogP contribution in [0.25, 0.3) is 33.4 Å². The summed E-state index contributed by atoms with van der Waals surface area (Å²) in [6, 6.07) is 70.5. The molecule has 3 aliphatic carbocycles. The van der Waals surface area contributed by atoms with Crippen molar-refractivity contribution < 1.29 is 0 Å². The highest BCUT2D eigenvalue weighted by molar-refractivity contribution is 5.97. The van der Waals surface area contributed by atoms with Gasteiger partial charge in [-0.3, -0.25) is 0 Å². The smallest absolute Gasteiger partial charge is 0.0714 e. The number of hydrogen-bond donors (Lipinski definition) is 0. The van der Waals surface area contributed by atoms with Gasteiger partial charge in [0, 0.05) is 16.9 Å². The van der Waals surface area contributed by atoms with Crippen molar-refractivity contribution in [3.8, 4) is 33.4 Å². The minimum Gasteiger partial charge on any atom is -0.310 e. The lowest BCUT2D eigenvalue weighted by molar-refractivity contribution is 0.740. The molecule has 256 valence electrons. The molecule has 11 rings (SSSR count). The van der Waals surface area contributed by atoms with E-state index in [0.29, 0.717) is 0 Å². The summed E-state index contributed by atoms with van der Waals surface area (Å²) in [6.07, 6.45) is 4.67. The van der Waals surface area contributed by atoms with Crippen molar-refractivity contribution in [3.05, 3.63) is 233 Å². The van der Waals surface area contributed by atoms with Gasteiger partial charge in [-0.1, -0.05) is 158 Å². The van der Waals surface area contributed by atoms with Crippen molar-refractivity contribution in [2.24, 2.45) is 0 Å². The summed E-state index contributed by atoms with van der Waals surface area (Å²) < 4.78 is 0. The monoisotopic (exact) mass is 689 g/mol. The molecule has 0 atom stereocenters. The SMILES string of the molecule is c1ccc(-c2ccc(N(c3ccc(-c4ccccc4)cc3)c3cccc4c3-c3ccccc3C4(c3ccc4c(c3)CC4)c3ccc4c(c3)CC4)cc2)cc1. The predicted octanol–water partition coefficient (Wildman–Crippen LogP) is 13.1. The summed E-state index contributed by atoms with van der Waals surface area (Å²) in [6.45, 7) is 0. The van der Waals surface area contributed by atoms with Crippen LogP contribution in [-0.4, -0.2) is 0 Å². The first-order valence-corrected chi connectivity index (χ1v) is 19.3. The number of nitrogens with zero attached hydrogens (tertiary/aromatic N) is 1. The van der Waals surface area contributed by atoms with Gasteiger partial charge in [0.15, 0.2) is 0 Å². The van der Waals surface area contributed by atoms with Crippen LogP contribution >= 0.6 is 0 Å². The molecule has 0 radical (unpaired) electrons. The lowest BCUT2D eigenvalue weighted by atomic mass is 9.65. The Balaban J connectivity index is 1.16. The molecule has 8 aromatic rings. The zero-order chi connectivity index (χ0) is 35.6. The van der Waals surface area contributed by atoms with Crippen molar-refractivity contribution in [1.29, 1.82) is 0 Å². The van der Waals surface area contributed by atoms with Crippen molar-refractivity contribution in [2.45, 2.75) is 31.1 Å². The van der Waals surface area contributed by atoms with Crippen LogP contribution in [0, 0.1) is 0 Å². The van der Waals surface area contributed by atoms with E-state index < -0.39 is 5.41 Å². The van der Waals surface area contributed by atoms with E-state index in [4.69, 9.17) is 0 Å². The molecule has 0 aromatic heterocycles. The molecule has 0 saturated carbocycles. The zero-order valence-electron chi connectivity index (χ0n) is 30.2. The lowest BCUT2D eigenvalue weighted by Crippen LogP contribution is -2.30. The first kappa shape index (κ1) is 31.1. The zero-order valence-corrected chi connectivity index (χ0v) is 30.2. The molecule has 1 nitrogen and oxygen atoms in total. The third-order valence-corrected chi connectivity index (χ3v) is 12.4. The molecule has 0 bridgehead atoms. The molecule has 3 aliphatic rings. The van der Waals surface area contributed by atoms with E-state index in [1.807, 2.05) is 0 Å². The Labute approximate surface area is 317 Å². The summed E-state index contributed by atoms with van der Waals surface area (Å²) in [4.78, 5) is 2.48. The third-order valence-electron chi connectivity index (χ3n) is 12.4. The lowest BCUT2D eigenvalue weighted by Gasteiger charge is -2.37. The van der Waals surface area contributed by atoms with Crippen molar-refractivity contribution in [1.82, 2.24) is 0 Å². The van der Waals surface area contributed by atoms with Crippen LogP contribution in [0.4, 0.5) is 17.1 Å². The van der Waals surface area contributed by atoms with E-state index in [9.17, 15) is 0 Å². The van der Waals surface area contributed by atoms with E-state index in [-0.39, 0.29) is 0 Å².